The van der Waals surface area contributed by atoms with Gasteiger partial charge in [0.25, 0.3) is 0 Å². The molecular weight excluding hydrogens is 670 g/mol. The van der Waals surface area contributed by atoms with Crippen molar-refractivity contribution >= 4 is 23.9 Å². The maximum absolute atomic E-state index is 13.4. The molecule has 14 heteroatoms. The van der Waals surface area contributed by atoms with Gasteiger partial charge in [0, 0.05) is 70.0 Å². The van der Waals surface area contributed by atoms with Crippen molar-refractivity contribution in [2.75, 3.05) is 45.9 Å². The van der Waals surface area contributed by atoms with E-state index < -0.39 is 29.5 Å². The molecule has 3 aromatic rings. The molecule has 0 aromatic heterocycles. The Morgan fingerprint density at radius 2 is 1.08 bits per heavy atom. The number of carboxylic acid groups (broad SMARTS) is 4. The van der Waals surface area contributed by atoms with Crippen LogP contribution in [0, 0.1) is 11.6 Å². The van der Waals surface area contributed by atoms with Crippen molar-refractivity contribution < 1.29 is 58.2 Å². The van der Waals surface area contributed by atoms with Crippen LogP contribution in [0.5, 0.6) is 0 Å². The van der Waals surface area contributed by atoms with Gasteiger partial charge in [0.2, 0.25) is 0 Å². The summed E-state index contributed by atoms with van der Waals surface area (Å²) >= 11 is 0. The lowest BCUT2D eigenvalue weighted by Gasteiger charge is -2.38. The number of hydrogen-bond acceptors (Lipinski definition) is 8. The van der Waals surface area contributed by atoms with E-state index in [2.05, 4.69) is 21.9 Å². The zero-order chi connectivity index (χ0) is 37.8. The molecule has 1 aliphatic rings. The van der Waals surface area contributed by atoms with Crippen molar-refractivity contribution in [3.63, 3.8) is 0 Å². The van der Waals surface area contributed by atoms with Gasteiger partial charge >= 0.3 is 23.9 Å². The number of nitrogens with zero attached hydrogens (tertiary/aromatic N) is 2. The number of carbonyl (C=O) groups is 4. The first-order valence-corrected chi connectivity index (χ1v) is 15.7. The quantitative estimate of drug-likeness (QED) is 0.151. The summed E-state index contributed by atoms with van der Waals surface area (Å²) in [4.78, 5) is 42.9. The van der Waals surface area contributed by atoms with Crippen molar-refractivity contribution in [1.29, 1.82) is 0 Å². The second-order valence-electron chi connectivity index (χ2n) is 11.7. The summed E-state index contributed by atoms with van der Waals surface area (Å²) in [5, 5.41) is 42.2. The molecule has 0 radical (unpaired) electrons. The number of carboxylic acids is 4. The minimum Gasteiger partial charge on any atom is -0.478 e. The van der Waals surface area contributed by atoms with Gasteiger partial charge in [0.1, 0.15) is 17.7 Å². The SMILES string of the molecule is CC(O)(Cc1ccccc1)CN1CCN(CCOC(c2ccc(F)cc2)c2ccc(F)cc2)CC1.O=C(O)/C=C\C(=O)O.O=C(O)/C=C\C(=O)O. The van der Waals surface area contributed by atoms with Gasteiger partial charge < -0.3 is 30.3 Å². The van der Waals surface area contributed by atoms with Crippen molar-refractivity contribution in [2.45, 2.75) is 25.0 Å². The summed E-state index contributed by atoms with van der Waals surface area (Å²) in [7, 11) is 0. The Kier molecular flexibility index (Phi) is 17.8. The monoisotopic (exact) mass is 712 g/mol. The fraction of sp³-hybridized carbons (Fsp3) is 0.297. The number of hydrogen-bond donors (Lipinski definition) is 5. The van der Waals surface area contributed by atoms with E-state index in [1.54, 1.807) is 24.3 Å². The first-order chi connectivity index (χ1) is 24.1. The van der Waals surface area contributed by atoms with Crippen LogP contribution in [0.4, 0.5) is 8.78 Å². The van der Waals surface area contributed by atoms with Gasteiger partial charge in [0.15, 0.2) is 0 Å². The molecule has 0 spiro atoms. The first kappa shape index (κ1) is 41.9. The average molecular weight is 713 g/mol. The number of ether oxygens (including phenoxy) is 1. The van der Waals surface area contributed by atoms with E-state index in [0.29, 0.717) is 43.9 Å². The Hall–Kier alpha value is -5.28. The van der Waals surface area contributed by atoms with Crippen molar-refractivity contribution in [3.8, 4) is 0 Å². The third-order valence-corrected chi connectivity index (χ3v) is 7.23. The Morgan fingerprint density at radius 1 is 0.686 bits per heavy atom. The molecule has 1 aliphatic heterocycles. The number of aliphatic carboxylic acids is 4. The molecule has 0 amide bonds. The highest BCUT2D eigenvalue weighted by atomic mass is 19.1. The minimum absolute atomic E-state index is 0.299. The van der Waals surface area contributed by atoms with Crippen LogP contribution >= 0.6 is 0 Å². The Labute approximate surface area is 294 Å². The Bertz CT molecular complexity index is 1480. The molecule has 0 bridgehead atoms. The molecule has 12 nitrogen and oxygen atoms in total. The minimum atomic E-state index is -1.26. The van der Waals surface area contributed by atoms with Crippen LogP contribution in [0.3, 0.4) is 0 Å². The van der Waals surface area contributed by atoms with Crippen LogP contribution in [0.2, 0.25) is 0 Å². The van der Waals surface area contributed by atoms with Gasteiger partial charge in [0.05, 0.1) is 12.2 Å². The Balaban J connectivity index is 0.000000468. The van der Waals surface area contributed by atoms with Crippen molar-refractivity contribution in [1.82, 2.24) is 9.80 Å². The van der Waals surface area contributed by atoms with E-state index >= 15 is 0 Å². The van der Waals surface area contributed by atoms with Gasteiger partial charge in [-0.1, -0.05) is 54.6 Å². The second kappa shape index (κ2) is 21.7. The molecule has 1 heterocycles. The van der Waals surface area contributed by atoms with E-state index in [4.69, 9.17) is 25.2 Å². The lowest BCUT2D eigenvalue weighted by molar-refractivity contribution is -0.134. The van der Waals surface area contributed by atoms with Gasteiger partial charge in [-0.25, -0.2) is 28.0 Å². The molecule has 51 heavy (non-hydrogen) atoms. The molecule has 4 rings (SSSR count). The molecule has 0 saturated carbocycles. The predicted molar refractivity (Wildman–Crippen MR) is 183 cm³/mol. The molecule has 5 N–H and O–H groups in total. The third kappa shape index (κ3) is 18.3. The predicted octanol–water partition coefficient (Wildman–Crippen LogP) is 4.11. The fourth-order valence-electron chi connectivity index (χ4n) is 4.99. The van der Waals surface area contributed by atoms with Crippen LogP contribution in [0.1, 0.15) is 29.7 Å². The summed E-state index contributed by atoms with van der Waals surface area (Å²) in [6.07, 6.45) is 2.48. The number of rotatable bonds is 14. The van der Waals surface area contributed by atoms with Crippen LogP contribution in [0.25, 0.3) is 0 Å². The van der Waals surface area contributed by atoms with E-state index in [1.807, 2.05) is 25.1 Å². The highest BCUT2D eigenvalue weighted by molar-refractivity contribution is 5.90. The van der Waals surface area contributed by atoms with E-state index in [-0.39, 0.29) is 17.7 Å². The summed E-state index contributed by atoms with van der Waals surface area (Å²) in [5.41, 5.74) is 2.04. The molecular formula is C37H42F2N2O10. The maximum atomic E-state index is 13.4. The second-order valence-corrected chi connectivity index (χ2v) is 11.7. The zero-order valence-electron chi connectivity index (χ0n) is 28.0. The zero-order valence-corrected chi connectivity index (χ0v) is 28.0. The van der Waals surface area contributed by atoms with Crippen molar-refractivity contribution in [2.24, 2.45) is 0 Å². The third-order valence-electron chi connectivity index (χ3n) is 7.23. The Morgan fingerprint density at radius 3 is 1.47 bits per heavy atom. The summed E-state index contributed by atoms with van der Waals surface area (Å²) in [6, 6.07) is 22.6. The molecule has 1 fully saturated rings. The first-order valence-electron chi connectivity index (χ1n) is 15.7. The average Bonchev–Trinajstić information content (AvgIpc) is 3.07. The number of piperazine rings is 1. The normalized spacial score (nSPS) is 14.6. The molecule has 274 valence electrons. The van der Waals surface area contributed by atoms with E-state index in [9.17, 15) is 33.1 Å². The number of halogens is 2. The molecule has 0 aliphatic carbocycles. The maximum Gasteiger partial charge on any atom is 0.328 e. The molecule has 1 atom stereocenters. The van der Waals surface area contributed by atoms with Crippen LogP contribution in [0.15, 0.2) is 103 Å². The lowest BCUT2D eigenvalue weighted by atomic mass is 9.95. The number of β-amino-alcohol motifs (C(OH)–C–C–N with tert-alkyl or cyclic N) is 1. The topological polar surface area (TPSA) is 185 Å². The molecule has 1 saturated heterocycles. The molecule has 3 aromatic carbocycles. The highest BCUT2D eigenvalue weighted by Gasteiger charge is 2.27. The van der Waals surface area contributed by atoms with Crippen LogP contribution < -0.4 is 0 Å². The van der Waals surface area contributed by atoms with Crippen LogP contribution in [-0.4, -0.2) is 111 Å². The van der Waals surface area contributed by atoms with Gasteiger partial charge in [-0.3, -0.25) is 9.80 Å². The smallest absolute Gasteiger partial charge is 0.328 e. The summed E-state index contributed by atoms with van der Waals surface area (Å²) in [5.74, 6) is -5.63. The van der Waals surface area contributed by atoms with Crippen LogP contribution in [-0.2, 0) is 30.3 Å². The standard InChI is InChI=1S/C29H34F2N2O2.2C4H4O4/c1-29(34,21-23-5-3-2-4-6-23)22-33-17-15-32(16-18-33)19-20-35-28(24-7-11-26(30)12-8-24)25-9-13-27(31)14-10-25;2*5-3(6)1-2-4(7)8/h2-14,28,34H,15-22H2,1H3;2*1-2H,(H,5,6)(H,7,8)/b;2*2-1-. The number of aliphatic hydroxyl groups is 1. The van der Waals surface area contributed by atoms with Gasteiger partial charge in [-0.05, 0) is 47.9 Å². The number of benzene rings is 3. The fourth-order valence-corrected chi connectivity index (χ4v) is 4.99. The highest BCUT2D eigenvalue weighted by Crippen LogP contribution is 2.26. The van der Waals surface area contributed by atoms with Crippen molar-refractivity contribution in [3.05, 3.63) is 131 Å². The van der Waals surface area contributed by atoms with E-state index in [0.717, 1.165) is 49.4 Å². The van der Waals surface area contributed by atoms with Gasteiger partial charge in [-0.2, -0.15) is 0 Å². The van der Waals surface area contributed by atoms with E-state index in [1.165, 1.54) is 24.3 Å². The lowest BCUT2D eigenvalue weighted by Crippen LogP contribution is -2.52. The largest absolute Gasteiger partial charge is 0.478 e. The molecule has 1 unspecified atom stereocenters. The van der Waals surface area contributed by atoms with Gasteiger partial charge in [-0.15, -0.1) is 0 Å². The summed E-state index contributed by atoms with van der Waals surface area (Å²) < 4.78 is 33.1. The summed E-state index contributed by atoms with van der Waals surface area (Å²) in [6.45, 7) is 7.42.